The molecule has 0 bridgehead atoms. The van der Waals surface area contributed by atoms with E-state index in [0.29, 0.717) is 11.3 Å². The Balaban J connectivity index is 2.08. The predicted octanol–water partition coefficient (Wildman–Crippen LogP) is 3.49. The number of carbonyl (C=O) groups excluding carboxylic acids is 1. The number of amides is 2. The normalized spacial score (nSPS) is 15.5. The molecular formula is C16H22N2O3. The number of aromatic carboxylic acids is 1. The second-order valence-corrected chi connectivity index (χ2v) is 5.62. The third kappa shape index (κ3) is 3.54. The zero-order valence-electron chi connectivity index (χ0n) is 12.6. The van der Waals surface area contributed by atoms with Gasteiger partial charge in [0.1, 0.15) is 0 Å². The molecule has 0 atom stereocenters. The lowest BCUT2D eigenvalue weighted by molar-refractivity contribution is 0.0696. The lowest BCUT2D eigenvalue weighted by atomic mass is 9.95. The van der Waals surface area contributed by atoms with Crippen LogP contribution in [-0.4, -0.2) is 35.1 Å². The van der Waals surface area contributed by atoms with Crippen LogP contribution >= 0.6 is 0 Å². The molecule has 1 aromatic carbocycles. The summed E-state index contributed by atoms with van der Waals surface area (Å²) >= 11 is 0. The van der Waals surface area contributed by atoms with Crippen LogP contribution in [-0.2, 0) is 0 Å². The van der Waals surface area contributed by atoms with Gasteiger partial charge in [0, 0.05) is 18.8 Å². The molecule has 2 rings (SSSR count). The average Bonchev–Trinajstić information content (AvgIpc) is 2.49. The largest absolute Gasteiger partial charge is 0.478 e. The molecule has 114 valence electrons. The maximum Gasteiger partial charge on any atom is 0.336 e. The van der Waals surface area contributed by atoms with E-state index in [1.807, 2.05) is 7.05 Å². The van der Waals surface area contributed by atoms with Crippen LogP contribution in [0.1, 0.15) is 48.0 Å². The van der Waals surface area contributed by atoms with Gasteiger partial charge in [-0.05, 0) is 37.5 Å². The molecular weight excluding hydrogens is 268 g/mol. The van der Waals surface area contributed by atoms with Crippen LogP contribution in [0.4, 0.5) is 10.5 Å². The topological polar surface area (TPSA) is 69.6 Å². The number of anilines is 1. The van der Waals surface area contributed by atoms with Crippen molar-refractivity contribution in [3.63, 3.8) is 0 Å². The van der Waals surface area contributed by atoms with Gasteiger partial charge < -0.3 is 15.3 Å². The predicted molar refractivity (Wildman–Crippen MR) is 81.8 cm³/mol. The third-order valence-electron chi connectivity index (χ3n) is 4.25. The number of carbonyl (C=O) groups is 2. The van der Waals surface area contributed by atoms with E-state index < -0.39 is 5.97 Å². The van der Waals surface area contributed by atoms with Gasteiger partial charge >= 0.3 is 12.0 Å². The Morgan fingerprint density at radius 2 is 1.90 bits per heavy atom. The van der Waals surface area contributed by atoms with Gasteiger partial charge in [0.15, 0.2) is 0 Å². The van der Waals surface area contributed by atoms with E-state index in [2.05, 4.69) is 5.32 Å². The number of carboxylic acid groups (broad SMARTS) is 1. The monoisotopic (exact) mass is 290 g/mol. The zero-order valence-corrected chi connectivity index (χ0v) is 12.6. The van der Waals surface area contributed by atoms with Crippen molar-refractivity contribution in [2.45, 2.75) is 45.1 Å². The second-order valence-electron chi connectivity index (χ2n) is 5.62. The van der Waals surface area contributed by atoms with Crippen molar-refractivity contribution in [1.82, 2.24) is 4.90 Å². The van der Waals surface area contributed by atoms with Crippen molar-refractivity contribution in [3.8, 4) is 0 Å². The van der Waals surface area contributed by atoms with E-state index in [0.717, 1.165) is 25.7 Å². The van der Waals surface area contributed by atoms with Crippen LogP contribution in [0.15, 0.2) is 18.2 Å². The van der Waals surface area contributed by atoms with E-state index >= 15 is 0 Å². The molecule has 5 nitrogen and oxygen atoms in total. The van der Waals surface area contributed by atoms with Crippen LogP contribution < -0.4 is 5.32 Å². The summed E-state index contributed by atoms with van der Waals surface area (Å²) in [5, 5.41) is 11.9. The Morgan fingerprint density at radius 3 is 2.52 bits per heavy atom. The van der Waals surface area contributed by atoms with Crippen molar-refractivity contribution in [1.29, 1.82) is 0 Å². The van der Waals surface area contributed by atoms with Crippen LogP contribution in [0.25, 0.3) is 0 Å². The molecule has 1 fully saturated rings. The van der Waals surface area contributed by atoms with Gasteiger partial charge in [-0.25, -0.2) is 9.59 Å². The average molecular weight is 290 g/mol. The van der Waals surface area contributed by atoms with E-state index in [4.69, 9.17) is 5.11 Å². The van der Waals surface area contributed by atoms with Crippen molar-refractivity contribution in [2.24, 2.45) is 0 Å². The molecule has 5 heteroatoms. The zero-order chi connectivity index (χ0) is 15.4. The summed E-state index contributed by atoms with van der Waals surface area (Å²) in [6.45, 7) is 1.71. The Kier molecular flexibility index (Phi) is 4.83. The SMILES string of the molecule is Cc1c(NC(=O)N(C)C2CCCCC2)cccc1C(=O)O. The highest BCUT2D eigenvalue weighted by Crippen LogP contribution is 2.23. The maximum absolute atomic E-state index is 12.3. The summed E-state index contributed by atoms with van der Waals surface area (Å²) in [6, 6.07) is 5.02. The van der Waals surface area contributed by atoms with E-state index in [1.165, 1.54) is 12.5 Å². The molecule has 0 aromatic heterocycles. The highest BCUT2D eigenvalue weighted by molar-refractivity contribution is 5.95. The molecule has 0 aliphatic heterocycles. The molecule has 1 aliphatic rings. The van der Waals surface area contributed by atoms with E-state index in [9.17, 15) is 9.59 Å². The Bertz CT molecular complexity index is 536. The standard InChI is InChI=1S/C16H22N2O3/c1-11-13(15(19)20)9-6-10-14(11)17-16(21)18(2)12-7-4-3-5-8-12/h6,9-10,12H,3-5,7-8H2,1-2H3,(H,17,21)(H,19,20). The minimum Gasteiger partial charge on any atom is -0.478 e. The molecule has 0 radical (unpaired) electrons. The first-order valence-corrected chi connectivity index (χ1v) is 7.37. The first-order chi connectivity index (χ1) is 10.0. The summed E-state index contributed by atoms with van der Waals surface area (Å²) in [4.78, 5) is 25.2. The lowest BCUT2D eigenvalue weighted by Gasteiger charge is -2.31. The Morgan fingerprint density at radius 1 is 1.24 bits per heavy atom. The van der Waals surface area contributed by atoms with Crippen LogP contribution in [0.3, 0.4) is 0 Å². The molecule has 0 spiro atoms. The number of rotatable bonds is 3. The molecule has 2 amide bonds. The summed E-state index contributed by atoms with van der Waals surface area (Å²) in [6.07, 6.45) is 5.65. The molecule has 0 heterocycles. The first-order valence-electron chi connectivity index (χ1n) is 7.37. The van der Waals surface area contributed by atoms with Gasteiger partial charge in [-0.3, -0.25) is 0 Å². The summed E-state index contributed by atoms with van der Waals surface area (Å²) in [5.41, 5.74) is 1.35. The third-order valence-corrected chi connectivity index (χ3v) is 4.25. The fourth-order valence-corrected chi connectivity index (χ4v) is 2.84. The number of hydrogen-bond donors (Lipinski definition) is 2. The van der Waals surface area contributed by atoms with Gasteiger partial charge in [-0.1, -0.05) is 25.3 Å². The van der Waals surface area contributed by atoms with Crippen LogP contribution in [0.2, 0.25) is 0 Å². The number of nitrogens with zero attached hydrogens (tertiary/aromatic N) is 1. The van der Waals surface area contributed by atoms with Crippen molar-refractivity contribution in [3.05, 3.63) is 29.3 Å². The molecule has 1 aromatic rings. The second kappa shape index (κ2) is 6.61. The molecule has 1 saturated carbocycles. The summed E-state index contributed by atoms with van der Waals surface area (Å²) in [5.74, 6) is -0.982. The molecule has 21 heavy (non-hydrogen) atoms. The van der Waals surface area contributed by atoms with Crippen LogP contribution in [0, 0.1) is 6.92 Å². The van der Waals surface area contributed by atoms with Gasteiger partial charge in [-0.2, -0.15) is 0 Å². The fraction of sp³-hybridized carbons (Fsp3) is 0.500. The number of urea groups is 1. The number of carboxylic acids is 1. The van der Waals surface area contributed by atoms with E-state index in [1.54, 1.807) is 24.0 Å². The van der Waals surface area contributed by atoms with Crippen molar-refractivity contribution in [2.75, 3.05) is 12.4 Å². The Hall–Kier alpha value is -2.04. The maximum atomic E-state index is 12.3. The van der Waals surface area contributed by atoms with Gasteiger partial charge in [0.2, 0.25) is 0 Å². The van der Waals surface area contributed by atoms with Crippen LogP contribution in [0.5, 0.6) is 0 Å². The fourth-order valence-electron chi connectivity index (χ4n) is 2.84. The lowest BCUT2D eigenvalue weighted by Crippen LogP contribution is -2.41. The number of nitrogens with one attached hydrogen (secondary N) is 1. The minimum atomic E-state index is -0.982. The highest BCUT2D eigenvalue weighted by atomic mass is 16.4. The van der Waals surface area contributed by atoms with Gasteiger partial charge in [0.05, 0.1) is 5.56 Å². The number of benzene rings is 1. The van der Waals surface area contributed by atoms with Gasteiger partial charge in [-0.15, -0.1) is 0 Å². The summed E-state index contributed by atoms with van der Waals surface area (Å²) < 4.78 is 0. The molecule has 0 saturated heterocycles. The smallest absolute Gasteiger partial charge is 0.336 e. The quantitative estimate of drug-likeness (QED) is 0.895. The molecule has 0 unspecified atom stereocenters. The van der Waals surface area contributed by atoms with Crippen molar-refractivity contribution < 1.29 is 14.7 Å². The van der Waals surface area contributed by atoms with Gasteiger partial charge in [0.25, 0.3) is 0 Å². The first kappa shape index (κ1) is 15.4. The molecule has 1 aliphatic carbocycles. The van der Waals surface area contributed by atoms with Crippen molar-refractivity contribution >= 4 is 17.7 Å². The summed E-state index contributed by atoms with van der Waals surface area (Å²) in [7, 11) is 1.81. The Labute approximate surface area is 125 Å². The minimum absolute atomic E-state index is 0.174. The number of hydrogen-bond acceptors (Lipinski definition) is 2. The highest BCUT2D eigenvalue weighted by Gasteiger charge is 2.22. The van der Waals surface area contributed by atoms with E-state index in [-0.39, 0.29) is 17.6 Å². The molecule has 2 N–H and O–H groups in total.